The van der Waals surface area contributed by atoms with Gasteiger partial charge in [0.1, 0.15) is 11.6 Å². The van der Waals surface area contributed by atoms with Gasteiger partial charge >= 0.3 is 5.97 Å². The quantitative estimate of drug-likeness (QED) is 0.434. The minimum absolute atomic E-state index is 0.104. The van der Waals surface area contributed by atoms with Crippen LogP contribution in [0, 0.1) is 24.2 Å². The fourth-order valence-electron chi connectivity index (χ4n) is 4.20. The zero-order valence-corrected chi connectivity index (χ0v) is 21.8. The van der Waals surface area contributed by atoms with Crippen LogP contribution >= 0.6 is 11.3 Å². The van der Waals surface area contributed by atoms with Crippen molar-refractivity contribution in [2.75, 3.05) is 0 Å². The van der Waals surface area contributed by atoms with Crippen LogP contribution in [-0.4, -0.2) is 45.3 Å². The Bertz CT molecular complexity index is 922. The van der Waals surface area contributed by atoms with Gasteiger partial charge in [-0.25, -0.2) is 9.37 Å². The number of aromatic nitrogens is 1. The summed E-state index contributed by atoms with van der Waals surface area (Å²) in [4.78, 5) is 30.0. The average molecular weight is 496 g/mol. The number of nitrogens with zero attached hydrogens (tertiary/aromatic N) is 1. The number of carbonyl (C=O) groups excluding carboxylic acids is 2. The molecule has 1 aromatic heterocycles. The topological polar surface area (TPSA) is 96.7 Å². The van der Waals surface area contributed by atoms with Crippen molar-refractivity contribution in [1.29, 1.82) is 0 Å². The Hall–Kier alpha value is -1.90. The van der Waals surface area contributed by atoms with Gasteiger partial charge in [0.15, 0.2) is 6.10 Å². The molecule has 6 nitrogen and oxygen atoms in total. The minimum atomic E-state index is -1.34. The molecule has 8 heteroatoms. The molecule has 0 spiro atoms. The second kappa shape index (κ2) is 12.2. The average Bonchev–Trinajstić information content (AvgIpc) is 3.18. The molecule has 0 saturated heterocycles. The number of esters is 1. The first kappa shape index (κ1) is 28.3. The zero-order valence-electron chi connectivity index (χ0n) is 21.0. The third-order valence-electron chi connectivity index (χ3n) is 6.75. The number of carbonyl (C=O) groups is 2. The first-order chi connectivity index (χ1) is 15.8. The second-order valence-electron chi connectivity index (χ2n) is 10.0. The molecular weight excluding hydrogens is 457 g/mol. The largest absolute Gasteiger partial charge is 0.455 e. The van der Waals surface area contributed by atoms with E-state index in [4.69, 9.17) is 4.74 Å². The van der Waals surface area contributed by atoms with Crippen LogP contribution in [0.15, 0.2) is 22.9 Å². The maximum absolute atomic E-state index is 15.1. The van der Waals surface area contributed by atoms with E-state index in [0.717, 1.165) is 29.8 Å². The van der Waals surface area contributed by atoms with E-state index < -0.39 is 47.9 Å². The first-order valence-corrected chi connectivity index (χ1v) is 12.8. The number of ether oxygens (including phenoxy) is 1. The van der Waals surface area contributed by atoms with E-state index >= 15 is 4.39 Å². The van der Waals surface area contributed by atoms with Crippen LogP contribution in [0.25, 0.3) is 6.08 Å². The van der Waals surface area contributed by atoms with Gasteiger partial charge in [0.05, 0.1) is 34.7 Å². The summed E-state index contributed by atoms with van der Waals surface area (Å²) in [6.45, 7) is 10.4. The van der Waals surface area contributed by atoms with Crippen molar-refractivity contribution in [2.45, 2.75) is 92.0 Å². The van der Waals surface area contributed by atoms with Gasteiger partial charge in [-0.1, -0.05) is 39.3 Å². The van der Waals surface area contributed by atoms with Crippen molar-refractivity contribution in [1.82, 2.24) is 4.98 Å². The van der Waals surface area contributed by atoms with Gasteiger partial charge in [-0.15, -0.1) is 11.3 Å². The Morgan fingerprint density at radius 1 is 1.26 bits per heavy atom. The number of Topliss-reactive ketones (excluding diaryl/α,β-unsaturated/α-hetero) is 1. The monoisotopic (exact) mass is 495 g/mol. The number of hydrogen-bond acceptors (Lipinski definition) is 7. The van der Waals surface area contributed by atoms with Crippen molar-refractivity contribution in [2.24, 2.45) is 17.3 Å². The molecule has 190 valence electrons. The summed E-state index contributed by atoms with van der Waals surface area (Å²) in [5.41, 5.74) is 0.198. The Kier molecular flexibility index (Phi) is 10.2. The smallest absolute Gasteiger partial charge is 0.309 e. The predicted molar refractivity (Wildman–Crippen MR) is 132 cm³/mol. The number of ketones is 1. The van der Waals surface area contributed by atoms with Gasteiger partial charge in [-0.3, -0.25) is 9.59 Å². The molecular formula is C26H38FNO5S. The number of aliphatic hydroxyl groups is 2. The number of hydrogen-bond donors (Lipinski definition) is 2. The van der Waals surface area contributed by atoms with E-state index in [0.29, 0.717) is 5.69 Å². The summed E-state index contributed by atoms with van der Waals surface area (Å²) >= 11 is 1.40. The number of thiazole rings is 1. The molecule has 0 bridgehead atoms. The summed E-state index contributed by atoms with van der Waals surface area (Å²) in [6.07, 6.45) is 1.75. The molecule has 34 heavy (non-hydrogen) atoms. The molecule has 0 fully saturated rings. The fourth-order valence-corrected chi connectivity index (χ4v) is 4.77. The minimum Gasteiger partial charge on any atom is -0.455 e. The highest BCUT2D eigenvalue weighted by Crippen LogP contribution is 2.32. The van der Waals surface area contributed by atoms with Crippen LogP contribution in [0.5, 0.6) is 0 Å². The summed E-state index contributed by atoms with van der Waals surface area (Å²) in [5, 5.41) is 24.0. The lowest BCUT2D eigenvalue weighted by Gasteiger charge is -2.34. The lowest BCUT2D eigenvalue weighted by Crippen LogP contribution is -2.45. The van der Waals surface area contributed by atoms with Crippen LogP contribution in [-0.2, 0) is 14.3 Å². The molecule has 1 aliphatic rings. The van der Waals surface area contributed by atoms with Gasteiger partial charge in [0, 0.05) is 23.8 Å². The molecule has 0 amide bonds. The summed E-state index contributed by atoms with van der Waals surface area (Å²) < 4.78 is 20.5. The van der Waals surface area contributed by atoms with Crippen molar-refractivity contribution < 1.29 is 28.9 Å². The molecule has 2 rings (SSSR count). The Morgan fingerprint density at radius 2 is 1.94 bits per heavy atom. The fraction of sp³-hybridized carbons (Fsp3) is 0.654. The van der Waals surface area contributed by atoms with E-state index in [1.165, 1.54) is 17.4 Å². The molecule has 0 saturated carbocycles. The maximum atomic E-state index is 15.1. The highest BCUT2D eigenvalue weighted by molar-refractivity contribution is 7.09. The lowest BCUT2D eigenvalue weighted by molar-refractivity contribution is -0.154. The summed E-state index contributed by atoms with van der Waals surface area (Å²) in [5.74, 6) is -2.55. The van der Waals surface area contributed by atoms with Crippen molar-refractivity contribution in [3.05, 3.63) is 33.6 Å². The van der Waals surface area contributed by atoms with Crippen molar-refractivity contribution >= 4 is 29.2 Å². The highest BCUT2D eigenvalue weighted by Gasteiger charge is 2.42. The third kappa shape index (κ3) is 7.55. The molecule has 0 aliphatic carbocycles. The van der Waals surface area contributed by atoms with Crippen LogP contribution < -0.4 is 0 Å². The number of rotatable bonds is 2. The summed E-state index contributed by atoms with van der Waals surface area (Å²) in [6, 6.07) is 0. The molecule has 5 atom stereocenters. The molecule has 1 aromatic rings. The number of aryl methyl sites for hydroxylation is 1. The molecule has 0 aromatic carbocycles. The zero-order chi connectivity index (χ0) is 25.6. The Labute approximate surface area is 205 Å². The van der Waals surface area contributed by atoms with Gasteiger partial charge in [0.25, 0.3) is 0 Å². The highest BCUT2D eigenvalue weighted by atomic mass is 32.1. The Morgan fingerprint density at radius 3 is 2.56 bits per heavy atom. The van der Waals surface area contributed by atoms with Crippen LogP contribution in [0.2, 0.25) is 0 Å². The van der Waals surface area contributed by atoms with E-state index in [9.17, 15) is 19.8 Å². The van der Waals surface area contributed by atoms with Gasteiger partial charge < -0.3 is 14.9 Å². The van der Waals surface area contributed by atoms with Crippen LogP contribution in [0.4, 0.5) is 4.39 Å². The van der Waals surface area contributed by atoms with E-state index in [1.54, 1.807) is 26.2 Å². The maximum Gasteiger partial charge on any atom is 0.309 e. The molecule has 2 heterocycles. The van der Waals surface area contributed by atoms with Crippen LogP contribution in [0.3, 0.4) is 0 Å². The van der Waals surface area contributed by atoms with Crippen molar-refractivity contribution in [3.63, 3.8) is 0 Å². The molecule has 0 unspecified atom stereocenters. The van der Waals surface area contributed by atoms with Gasteiger partial charge in [0.2, 0.25) is 0 Å². The Balaban J connectivity index is 2.33. The molecule has 2 N–H and O–H groups in total. The normalized spacial score (nSPS) is 32.1. The molecule has 0 radical (unpaired) electrons. The third-order valence-corrected chi connectivity index (χ3v) is 7.54. The second-order valence-corrected chi connectivity index (χ2v) is 11.1. The van der Waals surface area contributed by atoms with Gasteiger partial charge in [-0.05, 0) is 39.0 Å². The number of cyclic esters (lactones) is 1. The number of halogens is 1. The lowest BCUT2D eigenvalue weighted by atomic mass is 9.73. The van der Waals surface area contributed by atoms with Gasteiger partial charge in [-0.2, -0.15) is 0 Å². The SMILES string of the molecule is C/C1=C/C[C@@H](/C(F)=C/c2csc(C)n2)OC(=O)C[C@H](O)C(C)(C)C(=O)[C@H](C)[C@@H](O)[C@@H](C)CCC1. The summed E-state index contributed by atoms with van der Waals surface area (Å²) in [7, 11) is 0. The number of aliphatic hydroxyl groups excluding tert-OH is 2. The van der Waals surface area contributed by atoms with Crippen molar-refractivity contribution in [3.8, 4) is 0 Å². The standard InChI is InChI=1S/C26H38FNO5S/c1-15-8-7-9-16(2)24(31)17(3)25(32)26(5,6)22(29)13-23(30)33-21(11-10-15)20(27)12-19-14-34-18(4)28-19/h10,12,14,16-17,21-22,24,29,31H,7-9,11,13H2,1-6H3/b15-10-,20-12-/t16-,17+,21-,22-,24-/m0/s1. The van der Waals surface area contributed by atoms with E-state index in [1.807, 2.05) is 26.8 Å². The predicted octanol–water partition coefficient (Wildman–Crippen LogP) is 5.17. The van der Waals surface area contributed by atoms with E-state index in [-0.39, 0.29) is 18.1 Å². The number of allylic oxidation sites excluding steroid dienone is 1. The van der Waals surface area contributed by atoms with E-state index in [2.05, 4.69) is 4.98 Å². The first-order valence-electron chi connectivity index (χ1n) is 11.9. The van der Waals surface area contributed by atoms with Crippen LogP contribution in [0.1, 0.15) is 77.4 Å². The molecule has 1 aliphatic heterocycles.